The Hall–Kier alpha value is -3.00. The number of H-pyrrole nitrogens is 1. The van der Waals surface area contributed by atoms with Crippen LogP contribution in [-0.4, -0.2) is 44.1 Å². The number of carbonyl (C=O) groups excluding carboxylic acids is 1. The summed E-state index contributed by atoms with van der Waals surface area (Å²) < 4.78 is 6.97. The van der Waals surface area contributed by atoms with Gasteiger partial charge in [-0.05, 0) is 12.0 Å². The number of nitrogens with one attached hydrogen (secondary N) is 2. The molecule has 0 aliphatic carbocycles. The van der Waals surface area contributed by atoms with E-state index in [1.165, 1.54) is 0 Å². The zero-order chi connectivity index (χ0) is 19.6. The third-order valence-electron chi connectivity index (χ3n) is 4.94. The molecule has 0 spiro atoms. The maximum absolute atomic E-state index is 12.6. The molecule has 1 atom stereocenters. The Morgan fingerprint density at radius 1 is 1.36 bits per heavy atom. The van der Waals surface area contributed by atoms with Crippen LogP contribution in [0, 0.1) is 5.41 Å². The highest BCUT2D eigenvalue weighted by Gasteiger charge is 2.34. The summed E-state index contributed by atoms with van der Waals surface area (Å²) in [5.41, 5.74) is 2.34. The maximum atomic E-state index is 12.6. The quantitative estimate of drug-likeness (QED) is 0.657. The summed E-state index contributed by atoms with van der Waals surface area (Å²) in [6.45, 7) is 6.22. The second kappa shape index (κ2) is 7.55. The smallest absolute Gasteiger partial charge is 0.274 e. The van der Waals surface area contributed by atoms with E-state index in [9.17, 15) is 4.79 Å². The van der Waals surface area contributed by atoms with E-state index in [1.54, 1.807) is 17.1 Å². The Bertz CT molecular complexity index is 945. The average molecular weight is 380 g/mol. The largest absolute Gasteiger partial charge is 0.380 e. The third kappa shape index (κ3) is 3.82. The number of rotatable bonds is 7. The lowest BCUT2D eigenvalue weighted by atomic mass is 9.89. The molecule has 1 unspecified atom stereocenters. The lowest BCUT2D eigenvalue weighted by Gasteiger charge is -2.37. The standard InChI is InChI=1S/C20H24N6O2/c1-3-15(18-21-9-16(22-18)14-7-5-4-6-8-14)23-19(27)17-10-26(25-24-17)11-20(2)12-28-13-20/h4-10,15H,3,11-13H2,1-2H3,(H,21,22)(H,23,27). The first-order valence-corrected chi connectivity index (χ1v) is 9.45. The number of hydrogen-bond donors (Lipinski definition) is 2. The van der Waals surface area contributed by atoms with Crippen molar-refractivity contribution in [1.82, 2.24) is 30.3 Å². The van der Waals surface area contributed by atoms with Gasteiger partial charge in [-0.15, -0.1) is 5.10 Å². The highest BCUT2D eigenvalue weighted by atomic mass is 16.5. The van der Waals surface area contributed by atoms with Gasteiger partial charge in [-0.2, -0.15) is 0 Å². The van der Waals surface area contributed by atoms with Crippen LogP contribution in [0.25, 0.3) is 11.3 Å². The average Bonchev–Trinajstić information content (AvgIpc) is 3.35. The summed E-state index contributed by atoms with van der Waals surface area (Å²) in [6, 6.07) is 9.74. The molecule has 1 fully saturated rings. The van der Waals surface area contributed by atoms with Crippen LogP contribution in [0.15, 0.2) is 42.7 Å². The summed E-state index contributed by atoms with van der Waals surface area (Å²) >= 11 is 0. The molecular weight excluding hydrogens is 356 g/mol. The number of aromatic amines is 1. The molecule has 2 N–H and O–H groups in total. The van der Waals surface area contributed by atoms with Crippen molar-refractivity contribution in [1.29, 1.82) is 0 Å². The van der Waals surface area contributed by atoms with Crippen molar-refractivity contribution in [3.05, 3.63) is 54.2 Å². The van der Waals surface area contributed by atoms with E-state index in [2.05, 4.69) is 32.5 Å². The minimum absolute atomic E-state index is 0.0649. The molecule has 8 heteroatoms. The molecule has 8 nitrogen and oxygen atoms in total. The highest BCUT2D eigenvalue weighted by molar-refractivity contribution is 5.92. The van der Waals surface area contributed by atoms with Crippen LogP contribution in [0.5, 0.6) is 0 Å². The lowest BCUT2D eigenvalue weighted by molar-refractivity contribution is -0.111. The molecule has 28 heavy (non-hydrogen) atoms. The summed E-state index contributed by atoms with van der Waals surface area (Å²) in [6.07, 6.45) is 4.18. The van der Waals surface area contributed by atoms with Crippen molar-refractivity contribution in [3.63, 3.8) is 0 Å². The first-order chi connectivity index (χ1) is 13.6. The molecule has 3 heterocycles. The second-order valence-electron chi connectivity index (χ2n) is 7.59. The molecule has 1 aliphatic rings. The maximum Gasteiger partial charge on any atom is 0.274 e. The van der Waals surface area contributed by atoms with Gasteiger partial charge in [0.2, 0.25) is 0 Å². The van der Waals surface area contributed by atoms with E-state index < -0.39 is 0 Å². The van der Waals surface area contributed by atoms with Gasteiger partial charge in [0.05, 0.1) is 43.9 Å². The fourth-order valence-corrected chi connectivity index (χ4v) is 3.29. The molecular formula is C20H24N6O2. The molecule has 1 aromatic carbocycles. The molecule has 1 saturated heterocycles. The van der Waals surface area contributed by atoms with Crippen molar-refractivity contribution in [2.75, 3.05) is 13.2 Å². The van der Waals surface area contributed by atoms with Gasteiger partial charge in [-0.1, -0.05) is 49.4 Å². The number of hydrogen-bond acceptors (Lipinski definition) is 5. The predicted molar refractivity (Wildman–Crippen MR) is 103 cm³/mol. The number of nitrogens with zero attached hydrogens (tertiary/aromatic N) is 4. The molecule has 1 amide bonds. The minimum atomic E-state index is -0.259. The first kappa shape index (κ1) is 18.4. The molecule has 2 aromatic heterocycles. The van der Waals surface area contributed by atoms with Gasteiger partial charge in [0.15, 0.2) is 5.69 Å². The Labute approximate surface area is 163 Å². The Kier molecular flexibility index (Phi) is 4.95. The van der Waals surface area contributed by atoms with Crippen LogP contribution in [0.4, 0.5) is 0 Å². The fraction of sp³-hybridized carbons (Fsp3) is 0.400. The zero-order valence-electron chi connectivity index (χ0n) is 16.1. The van der Waals surface area contributed by atoms with Crippen molar-refractivity contribution < 1.29 is 9.53 Å². The summed E-state index contributed by atoms with van der Waals surface area (Å²) in [5, 5.41) is 11.1. The Morgan fingerprint density at radius 2 is 2.14 bits per heavy atom. The predicted octanol–water partition coefficient (Wildman–Crippen LogP) is 2.59. The van der Waals surface area contributed by atoms with Crippen LogP contribution in [0.3, 0.4) is 0 Å². The summed E-state index contributed by atoms with van der Waals surface area (Å²) in [4.78, 5) is 20.4. The third-order valence-corrected chi connectivity index (χ3v) is 4.94. The Balaban J connectivity index is 1.43. The molecule has 0 bridgehead atoms. The number of imidazole rings is 1. The SMILES string of the molecule is CCC(NC(=O)c1cn(CC2(C)COC2)nn1)c1ncc(-c2ccccc2)[nH]1. The topological polar surface area (TPSA) is 97.7 Å². The Morgan fingerprint density at radius 3 is 2.82 bits per heavy atom. The van der Waals surface area contributed by atoms with Crippen LogP contribution in [0.1, 0.15) is 42.6 Å². The van der Waals surface area contributed by atoms with E-state index in [4.69, 9.17) is 4.74 Å². The lowest BCUT2D eigenvalue weighted by Crippen LogP contribution is -2.43. The van der Waals surface area contributed by atoms with E-state index in [-0.39, 0.29) is 17.4 Å². The van der Waals surface area contributed by atoms with Crippen LogP contribution >= 0.6 is 0 Å². The van der Waals surface area contributed by atoms with Gasteiger partial charge in [0.1, 0.15) is 5.82 Å². The van der Waals surface area contributed by atoms with Gasteiger partial charge in [-0.3, -0.25) is 9.48 Å². The van der Waals surface area contributed by atoms with Crippen LogP contribution < -0.4 is 5.32 Å². The number of amides is 1. The molecule has 146 valence electrons. The van der Waals surface area contributed by atoms with E-state index in [0.717, 1.165) is 17.1 Å². The fourth-order valence-electron chi connectivity index (χ4n) is 3.29. The minimum Gasteiger partial charge on any atom is -0.380 e. The molecule has 4 rings (SSSR count). The van der Waals surface area contributed by atoms with Gasteiger partial charge < -0.3 is 15.0 Å². The second-order valence-corrected chi connectivity index (χ2v) is 7.59. The van der Waals surface area contributed by atoms with Gasteiger partial charge in [0, 0.05) is 5.41 Å². The monoisotopic (exact) mass is 380 g/mol. The van der Waals surface area contributed by atoms with Crippen molar-refractivity contribution in [2.24, 2.45) is 5.41 Å². The molecule has 1 aliphatic heterocycles. The number of aromatic nitrogens is 5. The molecule has 3 aromatic rings. The van der Waals surface area contributed by atoms with E-state index in [0.29, 0.717) is 31.9 Å². The zero-order valence-corrected chi connectivity index (χ0v) is 16.1. The molecule has 0 saturated carbocycles. The highest BCUT2D eigenvalue weighted by Crippen LogP contribution is 2.28. The normalized spacial score (nSPS) is 16.4. The van der Waals surface area contributed by atoms with Gasteiger partial charge >= 0.3 is 0 Å². The number of ether oxygens (including phenoxy) is 1. The van der Waals surface area contributed by atoms with Crippen LogP contribution in [-0.2, 0) is 11.3 Å². The van der Waals surface area contributed by atoms with Gasteiger partial charge in [0.25, 0.3) is 5.91 Å². The van der Waals surface area contributed by atoms with E-state index >= 15 is 0 Å². The van der Waals surface area contributed by atoms with Crippen molar-refractivity contribution >= 4 is 5.91 Å². The van der Waals surface area contributed by atoms with Crippen molar-refractivity contribution in [3.8, 4) is 11.3 Å². The number of carbonyl (C=O) groups is 1. The summed E-state index contributed by atoms with van der Waals surface area (Å²) in [5.74, 6) is 0.465. The molecule has 0 radical (unpaired) electrons. The van der Waals surface area contributed by atoms with E-state index in [1.807, 2.05) is 37.3 Å². The van der Waals surface area contributed by atoms with Gasteiger partial charge in [-0.25, -0.2) is 4.98 Å². The van der Waals surface area contributed by atoms with Crippen LogP contribution in [0.2, 0.25) is 0 Å². The van der Waals surface area contributed by atoms with Crippen molar-refractivity contribution in [2.45, 2.75) is 32.9 Å². The summed E-state index contributed by atoms with van der Waals surface area (Å²) in [7, 11) is 0. The number of benzene rings is 1. The first-order valence-electron chi connectivity index (χ1n) is 9.45.